The Morgan fingerprint density at radius 2 is 1.66 bits per heavy atom. The third-order valence-electron chi connectivity index (χ3n) is 5.71. The van der Waals surface area contributed by atoms with Crippen molar-refractivity contribution in [2.24, 2.45) is 17.6 Å². The molecule has 0 aliphatic heterocycles. The van der Waals surface area contributed by atoms with Gasteiger partial charge in [0, 0.05) is 25.8 Å². The molecule has 0 aromatic heterocycles. The van der Waals surface area contributed by atoms with E-state index < -0.39 is 12.0 Å². The van der Waals surface area contributed by atoms with E-state index in [0.29, 0.717) is 19.3 Å². The van der Waals surface area contributed by atoms with Crippen molar-refractivity contribution in [2.75, 3.05) is 13.6 Å². The van der Waals surface area contributed by atoms with E-state index in [9.17, 15) is 19.5 Å². The summed E-state index contributed by atoms with van der Waals surface area (Å²) < 4.78 is 0. The Morgan fingerprint density at radius 3 is 2.25 bits per heavy atom. The highest BCUT2D eigenvalue weighted by Gasteiger charge is 2.28. The van der Waals surface area contributed by atoms with Gasteiger partial charge in [0.1, 0.15) is 5.75 Å². The van der Waals surface area contributed by atoms with Crippen molar-refractivity contribution in [3.05, 3.63) is 29.8 Å². The van der Waals surface area contributed by atoms with Crippen LogP contribution in [0.15, 0.2) is 24.3 Å². The van der Waals surface area contributed by atoms with Crippen LogP contribution < -0.4 is 5.73 Å². The Morgan fingerprint density at radius 1 is 1.03 bits per heavy atom. The maximum atomic E-state index is 13.0. The standard InChI is InChI=1S/C26H42N2O4/c1-5-6-7-8-9-10-23(30)18-28(4)26(32)21(15-19(2)3)17-25(31)24(27)16-20-11-13-22(29)14-12-20/h11-14,19,21,24,29H,5-10,15-18,27H2,1-4H3/t21-,24-/m0/s1. The number of rotatable bonds is 16. The number of phenolic OH excluding ortho intramolecular Hbond substituents is 1. The molecule has 0 bridgehead atoms. The van der Waals surface area contributed by atoms with E-state index in [1.54, 1.807) is 31.3 Å². The molecule has 0 heterocycles. The van der Waals surface area contributed by atoms with Gasteiger partial charge in [-0.05, 0) is 42.9 Å². The lowest BCUT2D eigenvalue weighted by molar-refractivity contribution is -0.140. The molecule has 0 aliphatic rings. The largest absolute Gasteiger partial charge is 0.508 e. The minimum atomic E-state index is -0.711. The molecule has 0 saturated heterocycles. The van der Waals surface area contributed by atoms with Crippen molar-refractivity contribution in [3.8, 4) is 5.75 Å². The highest BCUT2D eigenvalue weighted by molar-refractivity contribution is 5.91. The summed E-state index contributed by atoms with van der Waals surface area (Å²) in [6.07, 6.45) is 6.90. The normalized spacial score (nSPS) is 13.1. The molecule has 0 aliphatic carbocycles. The number of nitrogens with two attached hydrogens (primary N) is 1. The molecule has 6 nitrogen and oxygen atoms in total. The fourth-order valence-corrected chi connectivity index (χ4v) is 3.89. The van der Waals surface area contributed by atoms with Crippen molar-refractivity contribution in [1.29, 1.82) is 0 Å². The van der Waals surface area contributed by atoms with E-state index in [2.05, 4.69) is 6.92 Å². The number of carbonyl (C=O) groups excluding carboxylic acids is 3. The molecule has 6 heteroatoms. The van der Waals surface area contributed by atoms with E-state index in [0.717, 1.165) is 24.8 Å². The molecule has 2 atom stereocenters. The highest BCUT2D eigenvalue weighted by atomic mass is 16.3. The van der Waals surface area contributed by atoms with Crippen LogP contribution in [0.5, 0.6) is 5.75 Å². The van der Waals surface area contributed by atoms with Crippen molar-refractivity contribution in [2.45, 2.75) is 84.6 Å². The van der Waals surface area contributed by atoms with Crippen LogP contribution >= 0.6 is 0 Å². The van der Waals surface area contributed by atoms with Gasteiger partial charge >= 0.3 is 0 Å². The molecule has 1 amide bonds. The SMILES string of the molecule is CCCCCCCC(=O)CN(C)C(=O)[C@H](CC(=O)[C@@H](N)Cc1ccc(O)cc1)CC(C)C. The van der Waals surface area contributed by atoms with Crippen molar-refractivity contribution >= 4 is 17.5 Å². The highest BCUT2D eigenvalue weighted by Crippen LogP contribution is 2.20. The summed E-state index contributed by atoms with van der Waals surface area (Å²) >= 11 is 0. The predicted molar refractivity (Wildman–Crippen MR) is 128 cm³/mol. The lowest BCUT2D eigenvalue weighted by Crippen LogP contribution is -2.40. The minimum Gasteiger partial charge on any atom is -0.508 e. The van der Waals surface area contributed by atoms with Crippen molar-refractivity contribution < 1.29 is 19.5 Å². The van der Waals surface area contributed by atoms with Gasteiger partial charge in [-0.1, -0.05) is 58.6 Å². The van der Waals surface area contributed by atoms with Crippen LogP contribution in [-0.4, -0.2) is 47.1 Å². The maximum absolute atomic E-state index is 13.0. The van der Waals surface area contributed by atoms with E-state index >= 15 is 0 Å². The van der Waals surface area contributed by atoms with Gasteiger partial charge in [0.15, 0.2) is 11.6 Å². The first kappa shape index (κ1) is 27.8. The van der Waals surface area contributed by atoms with E-state index in [1.807, 2.05) is 13.8 Å². The number of hydrogen-bond acceptors (Lipinski definition) is 5. The predicted octanol–water partition coefficient (Wildman–Crippen LogP) is 4.27. The number of amides is 1. The number of ketones is 2. The van der Waals surface area contributed by atoms with Gasteiger partial charge in [0.05, 0.1) is 12.6 Å². The summed E-state index contributed by atoms with van der Waals surface area (Å²) in [6, 6.07) is 5.89. The van der Waals surface area contributed by atoms with Crippen LogP contribution in [0, 0.1) is 11.8 Å². The summed E-state index contributed by atoms with van der Waals surface area (Å²) in [6.45, 7) is 6.28. The smallest absolute Gasteiger partial charge is 0.226 e. The Hall–Kier alpha value is -2.21. The molecule has 32 heavy (non-hydrogen) atoms. The molecule has 1 rings (SSSR count). The van der Waals surface area contributed by atoms with Gasteiger partial charge in [-0.3, -0.25) is 14.4 Å². The summed E-state index contributed by atoms with van der Waals surface area (Å²) in [5.74, 6) is -0.329. The molecule has 180 valence electrons. The fraction of sp³-hybridized carbons (Fsp3) is 0.654. The van der Waals surface area contributed by atoms with E-state index in [1.165, 1.54) is 17.7 Å². The van der Waals surface area contributed by atoms with Gasteiger partial charge < -0.3 is 15.7 Å². The van der Waals surface area contributed by atoms with Gasteiger partial charge in [0.25, 0.3) is 0 Å². The van der Waals surface area contributed by atoms with Gasteiger partial charge in [-0.2, -0.15) is 0 Å². The zero-order chi connectivity index (χ0) is 24.1. The van der Waals surface area contributed by atoms with Crippen LogP contribution in [0.1, 0.15) is 77.7 Å². The summed E-state index contributed by atoms with van der Waals surface area (Å²) in [4.78, 5) is 39.6. The average molecular weight is 447 g/mol. The van der Waals surface area contributed by atoms with Crippen LogP contribution in [0.25, 0.3) is 0 Å². The summed E-state index contributed by atoms with van der Waals surface area (Å²) in [5.41, 5.74) is 6.98. The summed E-state index contributed by atoms with van der Waals surface area (Å²) in [5, 5.41) is 9.40. The van der Waals surface area contributed by atoms with Crippen LogP contribution in [0.3, 0.4) is 0 Å². The number of likely N-dealkylation sites (N-methyl/N-ethyl adjacent to an activating group) is 1. The monoisotopic (exact) mass is 446 g/mol. The second kappa shape index (κ2) is 14.8. The van der Waals surface area contributed by atoms with E-state index in [4.69, 9.17) is 5.73 Å². The van der Waals surface area contributed by atoms with E-state index in [-0.39, 0.29) is 42.1 Å². The van der Waals surface area contributed by atoms with Crippen LogP contribution in [0.4, 0.5) is 0 Å². The van der Waals surface area contributed by atoms with Crippen LogP contribution in [-0.2, 0) is 20.8 Å². The third-order valence-corrected chi connectivity index (χ3v) is 5.71. The third kappa shape index (κ3) is 10.9. The second-order valence-corrected chi connectivity index (χ2v) is 9.37. The first-order valence-electron chi connectivity index (χ1n) is 12.0. The number of nitrogens with zero attached hydrogens (tertiary/aromatic N) is 1. The molecular formula is C26H42N2O4. The zero-order valence-electron chi connectivity index (χ0n) is 20.3. The minimum absolute atomic E-state index is 0.0657. The van der Waals surface area contributed by atoms with Gasteiger partial charge in [0.2, 0.25) is 5.91 Å². The number of unbranched alkanes of at least 4 members (excludes halogenated alkanes) is 4. The zero-order valence-corrected chi connectivity index (χ0v) is 20.3. The Kier molecular flexibility index (Phi) is 12.8. The number of carbonyl (C=O) groups is 3. The molecule has 1 aromatic rings. The molecule has 3 N–H and O–H groups in total. The number of benzene rings is 1. The molecule has 0 spiro atoms. The van der Waals surface area contributed by atoms with Crippen LogP contribution in [0.2, 0.25) is 0 Å². The molecule has 0 unspecified atom stereocenters. The number of hydrogen-bond donors (Lipinski definition) is 2. The fourth-order valence-electron chi connectivity index (χ4n) is 3.89. The molecule has 0 fully saturated rings. The lowest BCUT2D eigenvalue weighted by atomic mass is 9.88. The first-order valence-corrected chi connectivity index (χ1v) is 12.0. The Labute approximate surface area is 193 Å². The summed E-state index contributed by atoms with van der Waals surface area (Å²) in [7, 11) is 1.64. The molecule has 1 aromatic carbocycles. The number of aromatic hydroxyl groups is 1. The van der Waals surface area contributed by atoms with Crippen molar-refractivity contribution in [1.82, 2.24) is 4.90 Å². The van der Waals surface area contributed by atoms with Crippen molar-refractivity contribution in [3.63, 3.8) is 0 Å². The van der Waals surface area contributed by atoms with Gasteiger partial charge in [-0.15, -0.1) is 0 Å². The first-order chi connectivity index (χ1) is 15.1. The quantitative estimate of drug-likeness (QED) is 0.369. The molecule has 0 radical (unpaired) electrons. The number of Topliss-reactive ketones (excluding diaryl/α,β-unsaturated/α-hetero) is 2. The topological polar surface area (TPSA) is 101 Å². The average Bonchev–Trinajstić information content (AvgIpc) is 2.73. The van der Waals surface area contributed by atoms with Gasteiger partial charge in [-0.25, -0.2) is 0 Å². The Balaban J connectivity index is 2.62. The molecular weight excluding hydrogens is 404 g/mol. The number of phenols is 1. The second-order valence-electron chi connectivity index (χ2n) is 9.37. The maximum Gasteiger partial charge on any atom is 0.226 e. The molecule has 0 saturated carbocycles. The Bertz CT molecular complexity index is 715. The lowest BCUT2D eigenvalue weighted by Gasteiger charge is -2.25.